The van der Waals surface area contributed by atoms with Gasteiger partial charge in [0.2, 0.25) is 0 Å². The van der Waals surface area contributed by atoms with Crippen molar-refractivity contribution in [3.63, 3.8) is 0 Å². The molecule has 1 heterocycles. The number of ether oxygens (including phenoxy) is 2. The third-order valence-electron chi connectivity index (χ3n) is 4.87. The molecule has 7 heteroatoms. The number of likely N-dealkylation sites (tertiary alicyclic amines) is 1. The van der Waals surface area contributed by atoms with E-state index in [9.17, 15) is 13.2 Å². The average molecular weight is 432 g/mol. The largest absolute Gasteiger partial charge is 0.493 e. The Bertz CT molecular complexity index is 1020. The molecule has 0 aliphatic carbocycles. The van der Waals surface area contributed by atoms with Crippen molar-refractivity contribution in [3.8, 4) is 16.9 Å². The summed E-state index contributed by atoms with van der Waals surface area (Å²) in [6.07, 6.45) is 0.925. The number of hydrogen-bond acceptors (Lipinski definition) is 5. The van der Waals surface area contributed by atoms with Crippen molar-refractivity contribution in [1.29, 1.82) is 0 Å². The Labute approximate surface area is 178 Å². The van der Waals surface area contributed by atoms with Crippen LogP contribution in [0.3, 0.4) is 0 Å². The van der Waals surface area contributed by atoms with Crippen LogP contribution in [0.1, 0.15) is 26.3 Å². The van der Waals surface area contributed by atoms with Gasteiger partial charge in [-0.15, -0.1) is 0 Å². The summed E-state index contributed by atoms with van der Waals surface area (Å²) in [5.41, 5.74) is 2.47. The van der Waals surface area contributed by atoms with Crippen molar-refractivity contribution >= 4 is 15.9 Å². The molecule has 2 aromatic carbocycles. The van der Waals surface area contributed by atoms with Crippen molar-refractivity contribution < 1.29 is 22.7 Å². The topological polar surface area (TPSA) is 72.9 Å². The number of carbonyl (C=O) groups is 1. The standard InChI is InChI=1S/C23H29NO5S/c1-16-12-19(18-6-9-20(10-7-18)30(5,26)27)8-11-21(16)28-15-17-13-24(14-17)22(25)29-23(2,3)4/h6-12,17H,13-15H2,1-5H3. The molecule has 0 spiro atoms. The fourth-order valence-electron chi connectivity index (χ4n) is 3.24. The van der Waals surface area contributed by atoms with E-state index in [0.29, 0.717) is 30.5 Å². The third kappa shape index (κ3) is 5.53. The van der Waals surface area contributed by atoms with E-state index in [4.69, 9.17) is 9.47 Å². The third-order valence-corrected chi connectivity index (χ3v) is 6.00. The second-order valence-electron chi connectivity index (χ2n) is 8.84. The summed E-state index contributed by atoms with van der Waals surface area (Å²) in [5, 5.41) is 0. The molecule has 0 aromatic heterocycles. The lowest BCUT2D eigenvalue weighted by molar-refractivity contribution is -0.00786. The minimum absolute atomic E-state index is 0.277. The van der Waals surface area contributed by atoms with Gasteiger partial charge in [0.25, 0.3) is 0 Å². The summed E-state index contributed by atoms with van der Waals surface area (Å²) in [4.78, 5) is 14.0. The molecule has 1 aliphatic heterocycles. The van der Waals surface area contributed by atoms with Crippen LogP contribution in [0.2, 0.25) is 0 Å². The molecule has 162 valence electrons. The maximum atomic E-state index is 12.0. The van der Waals surface area contributed by atoms with Crippen molar-refractivity contribution in [2.45, 2.75) is 38.2 Å². The van der Waals surface area contributed by atoms with E-state index in [-0.39, 0.29) is 6.09 Å². The first-order valence-electron chi connectivity index (χ1n) is 9.94. The first-order chi connectivity index (χ1) is 13.9. The minimum atomic E-state index is -3.20. The summed E-state index contributed by atoms with van der Waals surface area (Å²) < 4.78 is 34.6. The number of aryl methyl sites for hydroxylation is 1. The maximum Gasteiger partial charge on any atom is 0.410 e. The normalized spacial score (nSPS) is 14.9. The first kappa shape index (κ1) is 22.2. The highest BCUT2D eigenvalue weighted by Crippen LogP contribution is 2.28. The summed E-state index contributed by atoms with van der Waals surface area (Å²) in [5.74, 6) is 1.10. The average Bonchev–Trinajstić information content (AvgIpc) is 2.59. The van der Waals surface area contributed by atoms with Crippen LogP contribution >= 0.6 is 0 Å². The lowest BCUT2D eigenvalue weighted by atomic mass is 10.0. The van der Waals surface area contributed by atoms with Crippen LogP contribution in [0.4, 0.5) is 4.79 Å². The van der Waals surface area contributed by atoms with Gasteiger partial charge in [0.05, 0.1) is 11.5 Å². The fraction of sp³-hybridized carbons (Fsp3) is 0.435. The second-order valence-corrected chi connectivity index (χ2v) is 10.9. The molecular formula is C23H29NO5S. The zero-order valence-electron chi connectivity index (χ0n) is 18.1. The van der Waals surface area contributed by atoms with Crippen molar-refractivity contribution in [2.75, 3.05) is 26.0 Å². The van der Waals surface area contributed by atoms with E-state index in [1.807, 2.05) is 58.0 Å². The molecule has 30 heavy (non-hydrogen) atoms. The Kier molecular flexibility index (Phi) is 6.13. The zero-order valence-corrected chi connectivity index (χ0v) is 19.0. The number of amides is 1. The molecule has 1 saturated heterocycles. The SMILES string of the molecule is Cc1cc(-c2ccc(S(C)(=O)=O)cc2)ccc1OCC1CN(C(=O)OC(C)(C)C)C1. The molecule has 0 saturated carbocycles. The van der Waals surface area contributed by atoms with Gasteiger partial charge in [-0.2, -0.15) is 0 Å². The van der Waals surface area contributed by atoms with Crippen LogP contribution in [0, 0.1) is 12.8 Å². The van der Waals surface area contributed by atoms with Crippen molar-refractivity contribution in [1.82, 2.24) is 4.90 Å². The number of carbonyl (C=O) groups excluding carboxylic acids is 1. The van der Waals surface area contributed by atoms with Crippen LogP contribution in [0.5, 0.6) is 5.75 Å². The molecule has 0 bridgehead atoms. The predicted octanol–water partition coefficient (Wildman–Crippen LogP) is 4.31. The predicted molar refractivity (Wildman–Crippen MR) is 117 cm³/mol. The van der Waals surface area contributed by atoms with Gasteiger partial charge >= 0.3 is 6.09 Å². The quantitative estimate of drug-likeness (QED) is 0.705. The zero-order chi connectivity index (χ0) is 22.1. The second kappa shape index (κ2) is 8.30. The molecule has 1 aliphatic rings. The Balaban J connectivity index is 1.55. The minimum Gasteiger partial charge on any atom is -0.493 e. The van der Waals surface area contributed by atoms with E-state index < -0.39 is 15.4 Å². The first-order valence-corrected chi connectivity index (χ1v) is 11.8. The lowest BCUT2D eigenvalue weighted by Gasteiger charge is -2.39. The summed E-state index contributed by atoms with van der Waals surface area (Å²) >= 11 is 0. The van der Waals surface area contributed by atoms with Gasteiger partial charge in [-0.1, -0.05) is 18.2 Å². The number of sulfone groups is 1. The van der Waals surface area contributed by atoms with Crippen LogP contribution in [-0.4, -0.2) is 51.0 Å². The molecule has 0 N–H and O–H groups in total. The van der Waals surface area contributed by atoms with Crippen molar-refractivity contribution in [3.05, 3.63) is 48.0 Å². The van der Waals surface area contributed by atoms with Crippen LogP contribution in [-0.2, 0) is 14.6 Å². The summed E-state index contributed by atoms with van der Waals surface area (Å²) in [7, 11) is -3.20. The van der Waals surface area contributed by atoms with Crippen molar-refractivity contribution in [2.24, 2.45) is 5.92 Å². The van der Waals surface area contributed by atoms with Crippen LogP contribution < -0.4 is 4.74 Å². The van der Waals surface area contributed by atoms with Gasteiger partial charge < -0.3 is 14.4 Å². The van der Waals surface area contributed by atoms with Gasteiger partial charge in [-0.05, 0) is 68.7 Å². The van der Waals surface area contributed by atoms with E-state index in [1.165, 1.54) is 6.26 Å². The van der Waals surface area contributed by atoms with Crippen LogP contribution in [0.15, 0.2) is 47.4 Å². The fourth-order valence-corrected chi connectivity index (χ4v) is 3.87. The Morgan fingerprint density at radius 3 is 2.20 bits per heavy atom. The molecule has 3 rings (SSSR count). The van der Waals surface area contributed by atoms with E-state index >= 15 is 0 Å². The van der Waals surface area contributed by atoms with E-state index in [2.05, 4.69) is 0 Å². The van der Waals surface area contributed by atoms with Gasteiger partial charge in [-0.3, -0.25) is 0 Å². The highest BCUT2D eigenvalue weighted by Gasteiger charge is 2.34. The molecule has 6 nitrogen and oxygen atoms in total. The maximum absolute atomic E-state index is 12.0. The molecule has 0 atom stereocenters. The number of rotatable bonds is 5. The van der Waals surface area contributed by atoms with E-state index in [1.54, 1.807) is 17.0 Å². The monoisotopic (exact) mass is 431 g/mol. The number of benzene rings is 2. The van der Waals surface area contributed by atoms with E-state index in [0.717, 1.165) is 22.4 Å². The smallest absolute Gasteiger partial charge is 0.410 e. The molecule has 0 radical (unpaired) electrons. The number of nitrogens with zero attached hydrogens (tertiary/aromatic N) is 1. The molecule has 0 unspecified atom stereocenters. The van der Waals surface area contributed by atoms with Gasteiger partial charge in [0.15, 0.2) is 9.84 Å². The number of hydrogen-bond donors (Lipinski definition) is 0. The highest BCUT2D eigenvalue weighted by molar-refractivity contribution is 7.90. The summed E-state index contributed by atoms with van der Waals surface area (Å²) in [6.45, 7) is 9.38. The summed E-state index contributed by atoms with van der Waals surface area (Å²) in [6, 6.07) is 12.8. The van der Waals surface area contributed by atoms with Gasteiger partial charge in [0.1, 0.15) is 11.4 Å². The van der Waals surface area contributed by atoms with Crippen LogP contribution in [0.25, 0.3) is 11.1 Å². The Hall–Kier alpha value is -2.54. The molecule has 1 amide bonds. The van der Waals surface area contributed by atoms with Gasteiger partial charge in [-0.25, -0.2) is 13.2 Å². The highest BCUT2D eigenvalue weighted by atomic mass is 32.2. The molecular weight excluding hydrogens is 402 g/mol. The van der Waals surface area contributed by atoms with Gasteiger partial charge in [0, 0.05) is 25.3 Å². The lowest BCUT2D eigenvalue weighted by Crippen LogP contribution is -2.53. The molecule has 1 fully saturated rings. The Morgan fingerprint density at radius 2 is 1.67 bits per heavy atom. The Morgan fingerprint density at radius 1 is 1.07 bits per heavy atom. The molecule has 2 aromatic rings.